The summed E-state index contributed by atoms with van der Waals surface area (Å²) >= 11 is 0. The monoisotopic (exact) mass is 528 g/mol. The van der Waals surface area contributed by atoms with Crippen LogP contribution in [-0.2, 0) is 0 Å². The smallest absolute Gasteiger partial charge is 0.0811 e. The van der Waals surface area contributed by atoms with Crippen molar-refractivity contribution in [3.63, 3.8) is 0 Å². The normalized spacial score (nSPS) is 39.0. The van der Waals surface area contributed by atoms with Crippen molar-refractivity contribution in [2.45, 2.75) is 141 Å². The first-order valence-corrected chi connectivity index (χ1v) is 15.6. The van der Waals surface area contributed by atoms with E-state index in [2.05, 4.69) is 25.7 Å². The highest BCUT2D eigenvalue weighted by molar-refractivity contribution is 5.38. The summed E-state index contributed by atoms with van der Waals surface area (Å²) in [5.41, 5.74) is 2.46. The Labute approximate surface area is 232 Å². The molecule has 8 atom stereocenters. The Bertz CT molecular complexity index is 902. The quantitative estimate of drug-likeness (QED) is 0.249. The second-order valence-electron chi connectivity index (χ2n) is 15.0. The van der Waals surface area contributed by atoms with Crippen molar-refractivity contribution in [1.29, 1.82) is 0 Å². The molecule has 4 nitrogen and oxygen atoms in total. The molecule has 0 unspecified atom stereocenters. The van der Waals surface area contributed by atoms with E-state index in [-0.39, 0.29) is 0 Å². The topological polar surface area (TPSA) is 80.9 Å². The highest BCUT2D eigenvalue weighted by atomic mass is 16.3. The molecule has 0 radical (unpaired) electrons. The number of aliphatic hydroxyl groups is 4. The fraction of sp³-hybridized carbons (Fsp3) is 0.824. The highest BCUT2D eigenvalue weighted by Gasteiger charge is 2.55. The molecule has 0 saturated heterocycles. The summed E-state index contributed by atoms with van der Waals surface area (Å²) in [7, 11) is 0. The van der Waals surface area contributed by atoms with Gasteiger partial charge in [0.25, 0.3) is 0 Å². The van der Waals surface area contributed by atoms with Gasteiger partial charge in [-0.3, -0.25) is 0 Å². The summed E-state index contributed by atoms with van der Waals surface area (Å²) in [6.45, 7) is 14.4. The van der Waals surface area contributed by atoms with Gasteiger partial charge >= 0.3 is 0 Å². The standard InChI is InChI=1S/C34H56O4/c1-22-24(19-26(35)21-31(22)36)12-11-23-9-7-17-34(6)29(23)13-14-30(34)27(10-8-16-32(2,3)37)28-20-25(28)15-18-33(4,5)38/h11-12,25-31,35-38H,1,7-10,13-21H2,2-6H3/b23-11+,24-12-/t25-,26+,27+,28-,29-,30+,31-,34-/m0/s1. The number of rotatable bonds is 10. The van der Waals surface area contributed by atoms with E-state index in [1.165, 1.54) is 38.5 Å². The minimum absolute atomic E-state index is 0.313. The molecule has 0 spiro atoms. The van der Waals surface area contributed by atoms with Crippen LogP contribution in [-0.4, -0.2) is 43.8 Å². The molecule has 4 fully saturated rings. The van der Waals surface area contributed by atoms with Crippen molar-refractivity contribution in [3.8, 4) is 0 Å². The molecule has 4 rings (SSSR count). The summed E-state index contributed by atoms with van der Waals surface area (Å²) < 4.78 is 0. The van der Waals surface area contributed by atoms with Gasteiger partial charge in [0.15, 0.2) is 0 Å². The summed E-state index contributed by atoms with van der Waals surface area (Å²) in [6, 6.07) is 0. The van der Waals surface area contributed by atoms with Crippen LogP contribution in [0.5, 0.6) is 0 Å². The second kappa shape index (κ2) is 11.5. The largest absolute Gasteiger partial charge is 0.393 e. The van der Waals surface area contributed by atoms with E-state index in [9.17, 15) is 20.4 Å². The highest BCUT2D eigenvalue weighted by Crippen LogP contribution is 2.64. The molecule has 4 heteroatoms. The van der Waals surface area contributed by atoms with Gasteiger partial charge in [0.2, 0.25) is 0 Å². The van der Waals surface area contributed by atoms with Crippen LogP contribution in [0.3, 0.4) is 0 Å². The summed E-state index contributed by atoms with van der Waals surface area (Å²) in [5.74, 6) is 3.55. The van der Waals surface area contributed by atoms with Crippen molar-refractivity contribution >= 4 is 0 Å². The van der Waals surface area contributed by atoms with Crippen LogP contribution < -0.4 is 0 Å². The first-order valence-electron chi connectivity index (χ1n) is 15.6. The zero-order valence-corrected chi connectivity index (χ0v) is 24.9. The maximum atomic E-state index is 10.4. The predicted octanol–water partition coefficient (Wildman–Crippen LogP) is 6.87. The van der Waals surface area contributed by atoms with Gasteiger partial charge in [-0.15, -0.1) is 0 Å². The molecule has 0 aliphatic heterocycles. The fourth-order valence-corrected chi connectivity index (χ4v) is 8.60. The van der Waals surface area contributed by atoms with Gasteiger partial charge < -0.3 is 20.4 Å². The zero-order valence-electron chi connectivity index (χ0n) is 24.9. The van der Waals surface area contributed by atoms with Gasteiger partial charge in [-0.05, 0) is 144 Å². The van der Waals surface area contributed by atoms with Crippen molar-refractivity contribution < 1.29 is 20.4 Å². The zero-order chi connectivity index (χ0) is 27.9. The summed E-state index contributed by atoms with van der Waals surface area (Å²) in [5, 5.41) is 41.2. The lowest BCUT2D eigenvalue weighted by Gasteiger charge is -2.45. The number of allylic oxidation sites excluding steroid dienone is 3. The van der Waals surface area contributed by atoms with E-state index in [4.69, 9.17) is 0 Å². The van der Waals surface area contributed by atoms with Gasteiger partial charge in [-0.25, -0.2) is 0 Å². The second-order valence-corrected chi connectivity index (χ2v) is 15.0. The molecule has 0 heterocycles. The minimum atomic E-state index is -0.636. The van der Waals surface area contributed by atoms with E-state index < -0.39 is 23.4 Å². The van der Waals surface area contributed by atoms with Crippen LogP contribution >= 0.6 is 0 Å². The lowest BCUT2D eigenvalue weighted by atomic mass is 9.59. The maximum Gasteiger partial charge on any atom is 0.0811 e. The number of hydrogen-bond acceptors (Lipinski definition) is 4. The molecule has 0 aromatic rings. The first kappa shape index (κ1) is 30.0. The summed E-state index contributed by atoms with van der Waals surface area (Å²) in [4.78, 5) is 0. The van der Waals surface area contributed by atoms with E-state index in [0.717, 1.165) is 61.0 Å². The van der Waals surface area contributed by atoms with Gasteiger partial charge in [0.1, 0.15) is 0 Å². The molecule has 4 N–H and O–H groups in total. The molecule has 4 aliphatic rings. The van der Waals surface area contributed by atoms with Crippen LogP contribution in [0.1, 0.15) is 118 Å². The molecule has 216 valence electrons. The van der Waals surface area contributed by atoms with Crippen molar-refractivity contribution in [2.24, 2.45) is 35.0 Å². The van der Waals surface area contributed by atoms with E-state index in [1.807, 2.05) is 27.7 Å². The van der Waals surface area contributed by atoms with Crippen LogP contribution in [0.2, 0.25) is 0 Å². The molecular weight excluding hydrogens is 472 g/mol. The van der Waals surface area contributed by atoms with E-state index in [0.29, 0.717) is 30.1 Å². The molecular formula is C34H56O4. The Morgan fingerprint density at radius 2 is 1.74 bits per heavy atom. The third kappa shape index (κ3) is 7.22. The van der Waals surface area contributed by atoms with Crippen LogP contribution in [0.4, 0.5) is 0 Å². The molecule has 0 amide bonds. The summed E-state index contributed by atoms with van der Waals surface area (Å²) in [6.07, 6.45) is 17.0. The minimum Gasteiger partial charge on any atom is -0.393 e. The van der Waals surface area contributed by atoms with Crippen LogP contribution in [0.25, 0.3) is 0 Å². The molecule has 4 saturated carbocycles. The third-order valence-electron chi connectivity index (χ3n) is 10.8. The SMILES string of the molecule is C=C1/C(=C\C=C2/CCC[C@]3(C)[C@@H]([C@H](CCCC(C)(C)O)[C@H]4C[C@@H]4CCC(C)(C)O)CC[C@@H]23)C[C@@H](O)C[C@@H]1O. The van der Waals surface area contributed by atoms with Crippen molar-refractivity contribution in [1.82, 2.24) is 0 Å². The lowest BCUT2D eigenvalue weighted by molar-refractivity contribution is 0.0495. The van der Waals surface area contributed by atoms with Gasteiger partial charge in [-0.1, -0.05) is 37.6 Å². The average molecular weight is 529 g/mol. The number of aliphatic hydroxyl groups excluding tert-OH is 2. The lowest BCUT2D eigenvalue weighted by Crippen LogP contribution is -2.37. The number of fused-ring (bicyclic) bond motifs is 1. The Morgan fingerprint density at radius 3 is 2.42 bits per heavy atom. The maximum absolute atomic E-state index is 10.4. The fourth-order valence-electron chi connectivity index (χ4n) is 8.60. The predicted molar refractivity (Wildman–Crippen MR) is 155 cm³/mol. The van der Waals surface area contributed by atoms with Crippen LogP contribution in [0.15, 0.2) is 35.5 Å². The van der Waals surface area contributed by atoms with Gasteiger partial charge in [0, 0.05) is 6.42 Å². The van der Waals surface area contributed by atoms with Gasteiger partial charge in [-0.2, -0.15) is 0 Å². The van der Waals surface area contributed by atoms with Crippen molar-refractivity contribution in [2.75, 3.05) is 0 Å². The molecule has 0 aromatic carbocycles. The number of hydrogen-bond donors (Lipinski definition) is 4. The Kier molecular flexibility index (Phi) is 9.09. The molecule has 38 heavy (non-hydrogen) atoms. The Morgan fingerprint density at radius 1 is 1.03 bits per heavy atom. The molecule has 0 aromatic heterocycles. The molecule has 0 bridgehead atoms. The molecule has 4 aliphatic carbocycles. The van der Waals surface area contributed by atoms with E-state index >= 15 is 0 Å². The first-order chi connectivity index (χ1) is 17.7. The Balaban J connectivity index is 1.51. The van der Waals surface area contributed by atoms with E-state index in [1.54, 1.807) is 5.57 Å². The Hall–Kier alpha value is -0.940. The van der Waals surface area contributed by atoms with Crippen molar-refractivity contribution in [3.05, 3.63) is 35.5 Å². The van der Waals surface area contributed by atoms with Gasteiger partial charge in [0.05, 0.1) is 23.4 Å². The third-order valence-corrected chi connectivity index (χ3v) is 10.8. The van der Waals surface area contributed by atoms with Crippen LogP contribution in [0, 0.1) is 35.0 Å². The average Bonchev–Trinajstić information content (AvgIpc) is 3.49.